The Kier molecular flexibility index (Phi) is 8.41. The molecule has 2 aliphatic rings. The smallest absolute Gasteiger partial charge is 0.416 e. The Morgan fingerprint density at radius 2 is 1.63 bits per heavy atom. The second kappa shape index (κ2) is 11.8. The number of alkyl halides is 6. The molecule has 2 aromatic heterocycles. The van der Waals surface area contributed by atoms with Gasteiger partial charge in [-0.1, -0.05) is 19.3 Å². The fourth-order valence-corrected chi connectivity index (χ4v) is 6.06. The van der Waals surface area contributed by atoms with Gasteiger partial charge in [0.25, 0.3) is 0 Å². The minimum absolute atomic E-state index is 0.0132. The Labute approximate surface area is 245 Å². The summed E-state index contributed by atoms with van der Waals surface area (Å²) in [6.45, 7) is 6.04. The van der Waals surface area contributed by atoms with Crippen molar-refractivity contribution in [3.63, 3.8) is 0 Å². The van der Waals surface area contributed by atoms with E-state index < -0.39 is 41.7 Å². The van der Waals surface area contributed by atoms with E-state index in [1.54, 1.807) is 13.1 Å². The van der Waals surface area contributed by atoms with E-state index in [1.165, 1.54) is 4.90 Å². The first-order valence-corrected chi connectivity index (χ1v) is 14.3. The van der Waals surface area contributed by atoms with Crippen LogP contribution in [0.5, 0.6) is 0 Å². The van der Waals surface area contributed by atoms with Crippen LogP contribution in [0.15, 0.2) is 47.0 Å². The van der Waals surface area contributed by atoms with Crippen molar-refractivity contribution in [2.24, 2.45) is 0 Å². The van der Waals surface area contributed by atoms with E-state index in [0.717, 1.165) is 32.1 Å². The molecule has 1 saturated heterocycles. The lowest BCUT2D eigenvalue weighted by Gasteiger charge is -2.36. The Balaban J connectivity index is 1.51. The van der Waals surface area contributed by atoms with E-state index in [-0.39, 0.29) is 24.2 Å². The quantitative estimate of drug-likeness (QED) is 0.250. The number of hydrogen-bond acceptors (Lipinski definition) is 5. The first-order chi connectivity index (χ1) is 20.3. The van der Waals surface area contributed by atoms with Crippen LogP contribution in [0.4, 0.5) is 37.0 Å². The van der Waals surface area contributed by atoms with Crippen molar-refractivity contribution in [2.45, 2.75) is 90.0 Å². The molecule has 1 amide bonds. The molecule has 0 bridgehead atoms. The Morgan fingerprint density at radius 3 is 2.19 bits per heavy atom. The molecule has 2 atom stereocenters. The summed E-state index contributed by atoms with van der Waals surface area (Å²) in [4.78, 5) is 21.5. The molecular weight excluding hydrogens is 576 g/mol. The first-order valence-electron chi connectivity index (χ1n) is 14.3. The Morgan fingerprint density at radius 1 is 0.977 bits per heavy atom. The highest BCUT2D eigenvalue weighted by molar-refractivity contribution is 5.72. The number of anilines is 1. The molecule has 0 radical (unpaired) electrons. The van der Waals surface area contributed by atoms with Gasteiger partial charge in [-0.05, 0) is 75.6 Å². The summed E-state index contributed by atoms with van der Waals surface area (Å²) in [6.07, 6.45) is -5.18. The van der Waals surface area contributed by atoms with Crippen molar-refractivity contribution in [1.29, 1.82) is 0 Å². The van der Waals surface area contributed by atoms with Crippen LogP contribution in [0.25, 0.3) is 11.3 Å². The van der Waals surface area contributed by atoms with Gasteiger partial charge in [0.1, 0.15) is 23.4 Å². The molecule has 12 heteroatoms. The maximum Gasteiger partial charge on any atom is 0.416 e. The fraction of sp³-hybridized carbons (Fsp3) is 0.484. The molecule has 2 fully saturated rings. The molecule has 5 rings (SSSR count). The number of cyclic esters (lactones) is 1. The van der Waals surface area contributed by atoms with Gasteiger partial charge in [-0.25, -0.2) is 9.78 Å². The normalized spacial score (nSPS) is 20.0. The first kappa shape index (κ1) is 30.7. The zero-order valence-electron chi connectivity index (χ0n) is 24.1. The molecule has 3 heterocycles. The summed E-state index contributed by atoms with van der Waals surface area (Å²) >= 11 is 0. The molecular formula is C31H33F6N3O3. The number of aryl methyl sites for hydroxylation is 1. The Bertz CT molecular complexity index is 1430. The van der Waals surface area contributed by atoms with Gasteiger partial charge >= 0.3 is 18.4 Å². The van der Waals surface area contributed by atoms with Crippen LogP contribution in [0.1, 0.15) is 80.1 Å². The van der Waals surface area contributed by atoms with Crippen molar-refractivity contribution in [1.82, 2.24) is 9.88 Å². The van der Waals surface area contributed by atoms with Crippen LogP contribution in [0.3, 0.4) is 0 Å². The molecule has 0 spiro atoms. The van der Waals surface area contributed by atoms with E-state index >= 15 is 0 Å². The average molecular weight is 610 g/mol. The highest BCUT2D eigenvalue weighted by Gasteiger charge is 2.43. The molecule has 43 heavy (non-hydrogen) atoms. The number of rotatable bonds is 7. The molecule has 0 N–H and O–H groups in total. The lowest BCUT2D eigenvalue weighted by molar-refractivity contribution is -0.143. The second-order valence-electron chi connectivity index (χ2n) is 11.2. The van der Waals surface area contributed by atoms with E-state index in [2.05, 4.69) is 4.90 Å². The van der Waals surface area contributed by atoms with Gasteiger partial charge in [-0.3, -0.25) is 4.90 Å². The average Bonchev–Trinajstić information content (AvgIpc) is 3.52. The number of benzene rings is 1. The largest absolute Gasteiger partial charge is 0.461 e. The van der Waals surface area contributed by atoms with Crippen LogP contribution in [-0.2, 0) is 23.6 Å². The van der Waals surface area contributed by atoms with E-state index in [4.69, 9.17) is 14.1 Å². The summed E-state index contributed by atoms with van der Waals surface area (Å²) in [5.74, 6) is 1.96. The summed E-state index contributed by atoms with van der Waals surface area (Å²) < 4.78 is 92.5. The van der Waals surface area contributed by atoms with Crippen molar-refractivity contribution in [2.75, 3.05) is 11.4 Å². The van der Waals surface area contributed by atoms with E-state index in [9.17, 15) is 31.1 Å². The molecule has 1 saturated carbocycles. The van der Waals surface area contributed by atoms with Gasteiger partial charge < -0.3 is 14.1 Å². The van der Waals surface area contributed by atoms with Gasteiger partial charge in [-0.15, -0.1) is 0 Å². The van der Waals surface area contributed by atoms with Crippen molar-refractivity contribution in [3.05, 3.63) is 70.6 Å². The Hall–Kier alpha value is -3.70. The fourth-order valence-electron chi connectivity index (χ4n) is 6.06. The van der Waals surface area contributed by atoms with Gasteiger partial charge in [0.15, 0.2) is 0 Å². The van der Waals surface area contributed by atoms with Crippen molar-refractivity contribution < 1.29 is 40.3 Å². The van der Waals surface area contributed by atoms with Crippen LogP contribution in [0.2, 0.25) is 0 Å². The lowest BCUT2D eigenvalue weighted by atomic mass is 9.93. The van der Waals surface area contributed by atoms with Gasteiger partial charge in [-0.2, -0.15) is 26.3 Å². The summed E-state index contributed by atoms with van der Waals surface area (Å²) in [5.41, 5.74) is -1.95. The second-order valence-corrected chi connectivity index (χ2v) is 11.2. The third-order valence-electron chi connectivity index (χ3n) is 8.27. The van der Waals surface area contributed by atoms with E-state index in [1.807, 2.05) is 32.0 Å². The third-order valence-corrected chi connectivity index (χ3v) is 8.27. The maximum atomic E-state index is 13.5. The number of pyridine rings is 1. The topological polar surface area (TPSA) is 58.8 Å². The number of carbonyl (C=O) groups excluding carboxylic acids is 1. The van der Waals surface area contributed by atoms with Gasteiger partial charge in [0.05, 0.1) is 23.7 Å². The van der Waals surface area contributed by atoms with Crippen LogP contribution >= 0.6 is 0 Å². The number of ether oxygens (including phenoxy) is 1. The summed E-state index contributed by atoms with van der Waals surface area (Å²) in [5, 5.41) is 0. The van der Waals surface area contributed by atoms with Crippen molar-refractivity contribution in [3.8, 4) is 11.3 Å². The molecule has 232 valence electrons. The van der Waals surface area contributed by atoms with Gasteiger partial charge in [0, 0.05) is 29.9 Å². The van der Waals surface area contributed by atoms with Crippen LogP contribution in [0, 0.1) is 6.92 Å². The van der Waals surface area contributed by atoms with E-state index in [0.29, 0.717) is 47.1 Å². The molecule has 1 aromatic carbocycles. The third kappa shape index (κ3) is 6.47. The van der Waals surface area contributed by atoms with Crippen molar-refractivity contribution >= 4 is 11.9 Å². The number of aromatic nitrogens is 1. The summed E-state index contributed by atoms with van der Waals surface area (Å²) in [7, 11) is 0. The molecule has 3 aromatic rings. The van der Waals surface area contributed by atoms with Gasteiger partial charge in [0.2, 0.25) is 0 Å². The molecule has 6 nitrogen and oxygen atoms in total. The standard InChI is InChI=1S/C31H33F6N3O3/c1-4-39(25-8-6-5-7-9-25)28-22(12-21(16-38-28)26-11-10-18(2)42-26)17-40-19(3)27(43-29(40)41)20-13-23(30(32,33)34)15-24(14-20)31(35,36)37/h10-16,19,25,27H,4-9,17H2,1-3H3/t19-,27-/m0/s1. The number of halogens is 6. The SMILES string of the molecule is CCN(c1ncc(-c2ccc(C)o2)cc1CN1C(=O)O[C@H](c2cc(C(F)(F)F)cc(C(F)(F)F)c2)[C@@H]1C)C1CCCCC1. The minimum Gasteiger partial charge on any atom is -0.461 e. The maximum absolute atomic E-state index is 13.5. The number of amides is 1. The zero-order chi connectivity index (χ0) is 31.1. The number of carbonyl (C=O) groups is 1. The predicted molar refractivity (Wildman–Crippen MR) is 147 cm³/mol. The summed E-state index contributed by atoms with van der Waals surface area (Å²) in [6, 6.07) is 6.16. The monoisotopic (exact) mass is 609 g/mol. The molecule has 1 aliphatic heterocycles. The predicted octanol–water partition coefficient (Wildman–Crippen LogP) is 8.93. The number of nitrogens with zero attached hydrogens (tertiary/aromatic N) is 3. The lowest BCUT2D eigenvalue weighted by Crippen LogP contribution is -2.39. The zero-order valence-corrected chi connectivity index (χ0v) is 24.1. The van der Waals surface area contributed by atoms with Crippen LogP contribution < -0.4 is 4.90 Å². The molecule has 1 aliphatic carbocycles. The minimum atomic E-state index is -5.02. The highest BCUT2D eigenvalue weighted by Crippen LogP contribution is 2.42. The van der Waals surface area contributed by atoms with Crippen LogP contribution in [-0.4, -0.2) is 34.6 Å². The number of hydrogen-bond donors (Lipinski definition) is 0. The number of furan rings is 1. The highest BCUT2D eigenvalue weighted by atomic mass is 19.4. The molecule has 0 unspecified atom stereocenters.